The second-order valence-corrected chi connectivity index (χ2v) is 9.61. The second-order valence-electron chi connectivity index (χ2n) is 6.82. The van der Waals surface area contributed by atoms with Gasteiger partial charge in [0.2, 0.25) is 10.0 Å². The van der Waals surface area contributed by atoms with Crippen LogP contribution in [0.15, 0.2) is 82.2 Å². The average Bonchev–Trinajstić information content (AvgIpc) is 2.75. The summed E-state index contributed by atoms with van der Waals surface area (Å²) in [5.41, 5.74) is 3.27. The van der Waals surface area contributed by atoms with E-state index in [4.69, 9.17) is 0 Å². The highest BCUT2D eigenvalue weighted by atomic mass is 79.9. The van der Waals surface area contributed by atoms with Gasteiger partial charge in [-0.2, -0.15) is 4.31 Å². The Morgan fingerprint density at radius 3 is 2.28 bits per heavy atom. The largest absolute Gasteiger partial charge is 0.321 e. The van der Waals surface area contributed by atoms with Gasteiger partial charge in [0.1, 0.15) is 0 Å². The van der Waals surface area contributed by atoms with Gasteiger partial charge in [-0.15, -0.1) is 0 Å². The standard InChI is InChI=1S/C22H19BrN2O3S/c23-20-7-3-4-8-21(20)24-22(26)17-9-11-19(12-10-17)29(27,28)25-14-13-16-5-1-2-6-18(16)15-25/h1-12H,13-15H2,(H,24,26). The first-order chi connectivity index (χ1) is 13.9. The molecule has 0 radical (unpaired) electrons. The Balaban J connectivity index is 1.51. The number of nitrogens with zero attached hydrogens (tertiary/aromatic N) is 1. The fourth-order valence-corrected chi connectivity index (χ4v) is 5.16. The number of amides is 1. The van der Waals surface area contributed by atoms with E-state index in [2.05, 4.69) is 21.2 Å². The lowest BCUT2D eigenvalue weighted by Gasteiger charge is -2.28. The lowest BCUT2D eigenvalue weighted by molar-refractivity contribution is 0.102. The number of hydrogen-bond donors (Lipinski definition) is 1. The van der Waals surface area contributed by atoms with Crippen LogP contribution in [0, 0.1) is 0 Å². The molecular weight excluding hydrogens is 452 g/mol. The Kier molecular flexibility index (Phi) is 5.54. The number of halogens is 1. The smallest absolute Gasteiger partial charge is 0.255 e. The average molecular weight is 471 g/mol. The number of fused-ring (bicyclic) bond motifs is 1. The van der Waals surface area contributed by atoms with Crippen LogP contribution >= 0.6 is 15.9 Å². The summed E-state index contributed by atoms with van der Waals surface area (Å²) in [7, 11) is -3.62. The molecule has 0 spiro atoms. The van der Waals surface area contributed by atoms with Gasteiger partial charge in [-0.3, -0.25) is 4.79 Å². The van der Waals surface area contributed by atoms with E-state index in [1.54, 1.807) is 6.07 Å². The Morgan fingerprint density at radius 2 is 1.55 bits per heavy atom. The Morgan fingerprint density at radius 1 is 0.897 bits per heavy atom. The highest BCUT2D eigenvalue weighted by molar-refractivity contribution is 9.10. The highest BCUT2D eigenvalue weighted by Crippen LogP contribution is 2.26. The third-order valence-electron chi connectivity index (χ3n) is 4.97. The number of nitrogens with one attached hydrogen (secondary N) is 1. The van der Waals surface area contributed by atoms with E-state index in [0.29, 0.717) is 30.8 Å². The van der Waals surface area contributed by atoms with Crippen molar-refractivity contribution in [2.45, 2.75) is 17.9 Å². The van der Waals surface area contributed by atoms with Gasteiger partial charge in [0, 0.05) is 23.1 Å². The van der Waals surface area contributed by atoms with Crippen LogP contribution in [0.2, 0.25) is 0 Å². The normalized spacial score (nSPS) is 14.2. The number of hydrogen-bond acceptors (Lipinski definition) is 3. The van der Waals surface area contributed by atoms with Crippen molar-refractivity contribution in [2.75, 3.05) is 11.9 Å². The van der Waals surface area contributed by atoms with Gasteiger partial charge in [-0.1, -0.05) is 36.4 Å². The maximum absolute atomic E-state index is 13.0. The molecule has 0 aliphatic carbocycles. The van der Waals surface area contributed by atoms with E-state index < -0.39 is 10.0 Å². The minimum absolute atomic E-state index is 0.189. The number of carbonyl (C=O) groups excluding carboxylic acids is 1. The molecule has 1 amide bonds. The summed E-state index contributed by atoms with van der Waals surface area (Å²) in [5.74, 6) is -0.298. The number of rotatable bonds is 4. The fraction of sp³-hybridized carbons (Fsp3) is 0.136. The molecule has 4 rings (SSSR count). The first kappa shape index (κ1) is 19.8. The molecule has 0 atom stereocenters. The Bertz CT molecular complexity index is 1160. The maximum Gasteiger partial charge on any atom is 0.255 e. The van der Waals surface area contributed by atoms with E-state index in [9.17, 15) is 13.2 Å². The second kappa shape index (κ2) is 8.10. The molecular formula is C22H19BrN2O3S. The fourth-order valence-electron chi connectivity index (χ4n) is 3.36. The van der Waals surface area contributed by atoms with Crippen LogP contribution in [0.5, 0.6) is 0 Å². The van der Waals surface area contributed by atoms with E-state index in [1.165, 1.54) is 34.1 Å². The van der Waals surface area contributed by atoms with Crippen molar-refractivity contribution < 1.29 is 13.2 Å². The van der Waals surface area contributed by atoms with Crippen molar-refractivity contribution in [1.82, 2.24) is 4.31 Å². The van der Waals surface area contributed by atoms with E-state index >= 15 is 0 Å². The van der Waals surface area contributed by atoms with Crippen LogP contribution in [0.3, 0.4) is 0 Å². The monoisotopic (exact) mass is 470 g/mol. The van der Waals surface area contributed by atoms with Gasteiger partial charge in [0.05, 0.1) is 10.6 Å². The van der Waals surface area contributed by atoms with Gasteiger partial charge in [-0.25, -0.2) is 8.42 Å². The molecule has 5 nitrogen and oxygen atoms in total. The van der Waals surface area contributed by atoms with Crippen LogP contribution in [0.1, 0.15) is 21.5 Å². The summed E-state index contributed by atoms with van der Waals surface area (Å²) in [6.45, 7) is 0.812. The molecule has 0 aromatic heterocycles. The quantitative estimate of drug-likeness (QED) is 0.612. The van der Waals surface area contributed by atoms with Gasteiger partial charge in [0.15, 0.2) is 0 Å². The highest BCUT2D eigenvalue weighted by Gasteiger charge is 2.28. The van der Waals surface area contributed by atoms with E-state index in [-0.39, 0.29) is 10.8 Å². The van der Waals surface area contributed by atoms with Crippen molar-refractivity contribution >= 4 is 37.5 Å². The summed E-state index contributed by atoms with van der Waals surface area (Å²) in [4.78, 5) is 12.7. The Labute approximate surface area is 178 Å². The molecule has 0 fully saturated rings. The maximum atomic E-state index is 13.0. The third-order valence-corrected chi connectivity index (χ3v) is 7.52. The first-order valence-electron chi connectivity index (χ1n) is 9.18. The molecule has 1 N–H and O–H groups in total. The molecule has 0 bridgehead atoms. The molecule has 0 saturated carbocycles. The van der Waals surface area contributed by atoms with E-state index in [1.807, 2.05) is 42.5 Å². The van der Waals surface area contributed by atoms with Gasteiger partial charge >= 0.3 is 0 Å². The molecule has 7 heteroatoms. The van der Waals surface area contributed by atoms with Gasteiger partial charge in [0.25, 0.3) is 5.91 Å². The predicted molar refractivity (Wildman–Crippen MR) is 116 cm³/mol. The SMILES string of the molecule is O=C(Nc1ccccc1Br)c1ccc(S(=O)(=O)N2CCc3ccccc3C2)cc1. The first-order valence-corrected chi connectivity index (χ1v) is 11.4. The summed E-state index contributed by atoms with van der Waals surface area (Å²) >= 11 is 3.39. The lowest BCUT2D eigenvalue weighted by atomic mass is 10.0. The molecule has 0 unspecified atom stereocenters. The van der Waals surface area contributed by atoms with Crippen molar-refractivity contribution in [3.05, 3.63) is 94.0 Å². The summed E-state index contributed by atoms with van der Waals surface area (Å²) in [5, 5.41) is 2.81. The van der Waals surface area contributed by atoms with Crippen LogP contribution in [-0.4, -0.2) is 25.2 Å². The van der Waals surface area contributed by atoms with Crippen molar-refractivity contribution in [1.29, 1.82) is 0 Å². The lowest BCUT2D eigenvalue weighted by Crippen LogP contribution is -2.35. The zero-order chi connectivity index (χ0) is 20.4. The number of sulfonamides is 1. The zero-order valence-corrected chi connectivity index (χ0v) is 17.9. The van der Waals surface area contributed by atoms with Gasteiger partial charge < -0.3 is 5.32 Å². The molecule has 3 aromatic rings. The summed E-state index contributed by atoms with van der Waals surface area (Å²) in [6.07, 6.45) is 0.696. The minimum Gasteiger partial charge on any atom is -0.321 e. The number of benzene rings is 3. The molecule has 1 aliphatic rings. The molecule has 1 heterocycles. The number of para-hydroxylation sites is 1. The Hall–Kier alpha value is -2.48. The van der Waals surface area contributed by atoms with Crippen molar-refractivity contribution in [3.8, 4) is 0 Å². The molecule has 29 heavy (non-hydrogen) atoms. The minimum atomic E-state index is -3.62. The topological polar surface area (TPSA) is 66.5 Å². The predicted octanol–water partition coefficient (Wildman–Crippen LogP) is 4.45. The van der Waals surface area contributed by atoms with E-state index in [0.717, 1.165) is 10.0 Å². The summed E-state index contributed by atoms with van der Waals surface area (Å²) < 4.78 is 28.3. The van der Waals surface area contributed by atoms with Crippen LogP contribution < -0.4 is 5.32 Å². The number of anilines is 1. The molecule has 3 aromatic carbocycles. The molecule has 1 aliphatic heterocycles. The summed E-state index contributed by atoms with van der Waals surface area (Å²) in [6, 6.07) is 21.3. The number of carbonyl (C=O) groups is 1. The zero-order valence-electron chi connectivity index (χ0n) is 15.5. The van der Waals surface area contributed by atoms with Crippen LogP contribution in [0.4, 0.5) is 5.69 Å². The van der Waals surface area contributed by atoms with Crippen molar-refractivity contribution in [2.24, 2.45) is 0 Å². The third kappa shape index (κ3) is 4.12. The molecule has 148 valence electrons. The van der Waals surface area contributed by atoms with Gasteiger partial charge in [-0.05, 0) is 69.9 Å². The van der Waals surface area contributed by atoms with Crippen molar-refractivity contribution in [3.63, 3.8) is 0 Å². The van der Waals surface area contributed by atoms with Crippen LogP contribution in [-0.2, 0) is 23.0 Å². The van der Waals surface area contributed by atoms with Crippen LogP contribution in [0.25, 0.3) is 0 Å². The molecule has 0 saturated heterocycles.